The molecule has 4 aliphatic rings. The monoisotopic (exact) mass is 402 g/mol. The van der Waals surface area contributed by atoms with E-state index in [9.17, 15) is 19.2 Å². The van der Waals surface area contributed by atoms with Crippen molar-refractivity contribution in [2.75, 3.05) is 0 Å². The molecule has 2 aromatic rings. The number of carbonyl (C=O) groups is 4. The number of nitrogens with zero attached hydrogens (tertiary/aromatic N) is 2. The van der Waals surface area contributed by atoms with Crippen molar-refractivity contribution in [1.82, 2.24) is 20.7 Å². The van der Waals surface area contributed by atoms with E-state index >= 15 is 0 Å². The van der Waals surface area contributed by atoms with Crippen molar-refractivity contribution in [2.24, 2.45) is 11.8 Å². The number of hydrogen-bond donors (Lipinski definition) is 2. The molecule has 8 nitrogen and oxygen atoms in total. The maximum absolute atomic E-state index is 12.9. The molecule has 2 N–H and O–H groups in total. The lowest BCUT2D eigenvalue weighted by Gasteiger charge is -2.33. The van der Waals surface area contributed by atoms with Gasteiger partial charge in [-0.05, 0) is 11.1 Å². The zero-order valence-corrected chi connectivity index (χ0v) is 15.8. The molecule has 0 aliphatic carbocycles. The molecule has 0 radical (unpaired) electrons. The Morgan fingerprint density at radius 1 is 0.500 bits per heavy atom. The Labute approximate surface area is 171 Å². The van der Waals surface area contributed by atoms with E-state index in [2.05, 4.69) is 10.6 Å². The summed E-state index contributed by atoms with van der Waals surface area (Å²) in [5.41, 5.74) is 1.67. The molecule has 4 amide bonds. The first-order valence-corrected chi connectivity index (χ1v) is 9.94. The average molecular weight is 402 g/mol. The minimum atomic E-state index is -0.765. The third-order valence-corrected chi connectivity index (χ3v) is 6.69. The number of hydrogen-bond acceptors (Lipinski definition) is 6. The van der Waals surface area contributed by atoms with Crippen LogP contribution in [0.25, 0.3) is 0 Å². The van der Waals surface area contributed by atoms with Gasteiger partial charge in [0.05, 0.1) is 23.9 Å². The molecule has 150 valence electrons. The lowest BCUT2D eigenvalue weighted by atomic mass is 9.84. The van der Waals surface area contributed by atoms with Gasteiger partial charge in [-0.15, -0.1) is 0 Å². The third-order valence-electron chi connectivity index (χ3n) is 6.69. The number of imide groups is 2. The summed E-state index contributed by atoms with van der Waals surface area (Å²) in [7, 11) is 0. The van der Waals surface area contributed by atoms with Gasteiger partial charge in [-0.1, -0.05) is 60.7 Å². The van der Waals surface area contributed by atoms with Crippen LogP contribution in [0.3, 0.4) is 0 Å². The van der Waals surface area contributed by atoms with Crippen LogP contribution < -0.4 is 10.6 Å². The van der Waals surface area contributed by atoms with Gasteiger partial charge in [-0.25, -0.2) is 10.0 Å². The summed E-state index contributed by atoms with van der Waals surface area (Å²) in [6.07, 6.45) is 0. The van der Waals surface area contributed by atoms with Gasteiger partial charge in [0.1, 0.15) is 12.1 Å². The molecule has 6 atom stereocenters. The van der Waals surface area contributed by atoms with Gasteiger partial charge in [0, 0.05) is 0 Å². The van der Waals surface area contributed by atoms with Crippen LogP contribution in [0, 0.1) is 11.8 Å². The van der Waals surface area contributed by atoms with Gasteiger partial charge < -0.3 is 0 Å². The number of amides is 4. The van der Waals surface area contributed by atoms with Gasteiger partial charge >= 0.3 is 0 Å². The first kappa shape index (κ1) is 17.5. The van der Waals surface area contributed by atoms with Crippen molar-refractivity contribution in [3.05, 3.63) is 71.8 Å². The lowest BCUT2D eigenvalue weighted by molar-refractivity contribution is -0.139. The summed E-state index contributed by atoms with van der Waals surface area (Å²) in [5.74, 6) is -2.78. The second kappa shape index (κ2) is 6.07. The van der Waals surface area contributed by atoms with Crippen molar-refractivity contribution in [2.45, 2.75) is 24.2 Å². The molecule has 0 bridgehead atoms. The molecule has 6 rings (SSSR count). The quantitative estimate of drug-likeness (QED) is 0.701. The highest BCUT2D eigenvalue weighted by atomic mass is 16.2. The van der Waals surface area contributed by atoms with Crippen LogP contribution in [0.2, 0.25) is 0 Å². The normalized spacial score (nSPS) is 35.2. The van der Waals surface area contributed by atoms with E-state index in [1.165, 1.54) is 0 Å². The zero-order valence-electron chi connectivity index (χ0n) is 15.8. The predicted molar refractivity (Wildman–Crippen MR) is 103 cm³/mol. The first-order chi connectivity index (χ1) is 14.6. The summed E-state index contributed by atoms with van der Waals surface area (Å²) in [5, 5.41) is 8.57. The lowest BCUT2D eigenvalue weighted by Crippen LogP contribution is -2.48. The van der Waals surface area contributed by atoms with Gasteiger partial charge in [-0.3, -0.25) is 29.8 Å². The Morgan fingerprint density at radius 2 is 0.867 bits per heavy atom. The Balaban J connectivity index is 1.58. The van der Waals surface area contributed by atoms with Crippen LogP contribution in [-0.2, 0) is 19.2 Å². The Kier molecular flexibility index (Phi) is 3.54. The van der Waals surface area contributed by atoms with E-state index in [1.54, 1.807) is 0 Å². The number of nitrogens with one attached hydrogen (secondary N) is 2. The largest absolute Gasteiger partial charge is 0.295 e. The molecule has 0 unspecified atom stereocenters. The topological polar surface area (TPSA) is 98.8 Å². The Morgan fingerprint density at radius 3 is 1.23 bits per heavy atom. The van der Waals surface area contributed by atoms with Crippen molar-refractivity contribution in [1.29, 1.82) is 0 Å². The molecule has 2 aromatic carbocycles. The molecular weight excluding hydrogens is 384 g/mol. The van der Waals surface area contributed by atoms with Gasteiger partial charge in [0.25, 0.3) is 0 Å². The van der Waals surface area contributed by atoms with Crippen LogP contribution in [0.4, 0.5) is 0 Å². The maximum Gasteiger partial charge on any atom is 0.246 e. The fourth-order valence-electron chi connectivity index (χ4n) is 5.64. The Hall–Kier alpha value is -3.36. The molecule has 4 aliphatic heterocycles. The third kappa shape index (κ3) is 2.12. The highest BCUT2D eigenvalue weighted by Crippen LogP contribution is 2.56. The molecule has 0 aromatic heterocycles. The van der Waals surface area contributed by atoms with Gasteiger partial charge in [-0.2, -0.15) is 0 Å². The number of rotatable bonds is 2. The van der Waals surface area contributed by atoms with E-state index in [1.807, 2.05) is 70.7 Å². The molecule has 0 saturated carbocycles. The van der Waals surface area contributed by atoms with Gasteiger partial charge in [0.15, 0.2) is 0 Å². The van der Waals surface area contributed by atoms with Crippen molar-refractivity contribution in [3.63, 3.8) is 0 Å². The maximum atomic E-state index is 12.9. The summed E-state index contributed by atoms with van der Waals surface area (Å²) >= 11 is 0. The smallest absolute Gasteiger partial charge is 0.246 e. The second-order valence-electron chi connectivity index (χ2n) is 8.12. The average Bonchev–Trinajstić information content (AvgIpc) is 3.43. The first-order valence-electron chi connectivity index (χ1n) is 9.94. The van der Waals surface area contributed by atoms with Crippen molar-refractivity contribution in [3.8, 4) is 0 Å². The molecule has 4 saturated heterocycles. The highest BCUT2D eigenvalue weighted by Gasteiger charge is 2.71. The van der Waals surface area contributed by atoms with E-state index in [-0.39, 0.29) is 23.6 Å². The van der Waals surface area contributed by atoms with Crippen molar-refractivity contribution >= 4 is 23.6 Å². The van der Waals surface area contributed by atoms with Crippen molar-refractivity contribution < 1.29 is 19.2 Å². The minimum Gasteiger partial charge on any atom is -0.295 e. The van der Waals surface area contributed by atoms with Crippen LogP contribution in [-0.4, -0.2) is 45.7 Å². The predicted octanol–water partition coefficient (Wildman–Crippen LogP) is 0.298. The minimum absolute atomic E-state index is 0.346. The molecule has 4 fully saturated rings. The molecule has 8 heteroatoms. The zero-order chi connectivity index (χ0) is 20.6. The van der Waals surface area contributed by atoms with Gasteiger partial charge in [0.2, 0.25) is 23.6 Å². The van der Waals surface area contributed by atoms with Crippen LogP contribution in [0.5, 0.6) is 0 Å². The van der Waals surface area contributed by atoms with E-state index < -0.39 is 36.0 Å². The van der Waals surface area contributed by atoms with E-state index in [0.29, 0.717) is 0 Å². The van der Waals surface area contributed by atoms with E-state index in [4.69, 9.17) is 0 Å². The molecular formula is C22H18N4O4. The molecule has 0 spiro atoms. The highest BCUT2D eigenvalue weighted by molar-refractivity contribution is 6.10. The fraction of sp³-hybridized carbons (Fsp3) is 0.273. The number of carbonyl (C=O) groups excluding carboxylic acids is 4. The summed E-state index contributed by atoms with van der Waals surface area (Å²) < 4.78 is 0. The number of benzene rings is 2. The summed E-state index contributed by atoms with van der Waals surface area (Å²) in [4.78, 5) is 51.3. The van der Waals surface area contributed by atoms with E-state index in [0.717, 1.165) is 11.1 Å². The fourth-order valence-corrected chi connectivity index (χ4v) is 5.64. The summed E-state index contributed by atoms with van der Waals surface area (Å²) in [6.45, 7) is 0. The number of fused-ring (bicyclic) bond motifs is 5. The molecule has 4 heterocycles. The number of hydrazine groups is 1. The summed E-state index contributed by atoms with van der Waals surface area (Å²) in [6, 6.07) is 16.2. The Bertz CT molecular complexity index is 1000. The van der Waals surface area contributed by atoms with Crippen LogP contribution in [0.15, 0.2) is 60.7 Å². The standard InChI is InChI=1S/C22H18N4O4/c27-19-13-15(11-7-3-1-4-8-11)25-18-14(20(28)24-22(18)30)16(12-9-5-2-6-10-12)26(25)17(13)21(29)23-19/h1-10,13-18H,(H,23,27,29)(H,24,28,30)/t13-,14-,15+,16+,17-,18+/m1/s1. The SMILES string of the molecule is O=C1NC(=O)[C@H]2[C@H]1[C@H](c1ccccc1)N1[C@@H]3C(=O)NC(=O)[C@@H]3[C@H](c3ccccc3)N21. The van der Waals surface area contributed by atoms with Crippen LogP contribution >= 0.6 is 0 Å². The van der Waals surface area contributed by atoms with Crippen LogP contribution in [0.1, 0.15) is 23.2 Å². The second-order valence-corrected chi connectivity index (χ2v) is 8.12. The molecule has 30 heavy (non-hydrogen) atoms.